The van der Waals surface area contributed by atoms with Crippen molar-refractivity contribution in [3.63, 3.8) is 0 Å². The van der Waals surface area contributed by atoms with Crippen LogP contribution < -0.4 is 15.5 Å². The maximum atomic E-state index is 12.4. The van der Waals surface area contributed by atoms with E-state index in [0.717, 1.165) is 0 Å². The molecule has 0 bridgehead atoms. The van der Waals surface area contributed by atoms with Gasteiger partial charge in [0.1, 0.15) is 6.04 Å². The number of amides is 3. The van der Waals surface area contributed by atoms with Crippen molar-refractivity contribution in [2.24, 2.45) is 5.92 Å². The zero-order chi connectivity index (χ0) is 17.9. The van der Waals surface area contributed by atoms with Crippen molar-refractivity contribution in [3.8, 4) is 0 Å². The average molecular weight is 354 g/mol. The summed E-state index contributed by atoms with van der Waals surface area (Å²) in [5.41, 5.74) is 0.680. The lowest BCUT2D eigenvalue weighted by molar-refractivity contribution is -0.139. The Morgan fingerprint density at radius 2 is 2.12 bits per heavy atom. The Bertz CT molecular complexity index is 663. The summed E-state index contributed by atoms with van der Waals surface area (Å²) in [7, 11) is 0. The molecular weight excluding hydrogens is 334 g/mol. The first kappa shape index (κ1) is 18.1. The number of hydrogen-bond acceptors (Lipinski definition) is 3. The number of nitrogens with one attached hydrogen (secondary N) is 2. The van der Waals surface area contributed by atoms with Gasteiger partial charge in [0, 0.05) is 18.7 Å². The number of hydrogen-bond donors (Lipinski definition) is 3. The van der Waals surface area contributed by atoms with Gasteiger partial charge in [-0.25, -0.2) is 9.59 Å². The highest BCUT2D eigenvalue weighted by Gasteiger charge is 2.26. The van der Waals surface area contributed by atoms with Crippen molar-refractivity contribution in [1.82, 2.24) is 10.6 Å². The first-order valence-corrected chi connectivity index (χ1v) is 8.06. The zero-order valence-corrected chi connectivity index (χ0v) is 14.3. The van der Waals surface area contributed by atoms with Gasteiger partial charge in [-0.1, -0.05) is 25.4 Å². The lowest BCUT2D eigenvalue weighted by Crippen LogP contribution is -2.41. The molecule has 1 atom stereocenters. The van der Waals surface area contributed by atoms with Crippen molar-refractivity contribution in [1.29, 1.82) is 0 Å². The minimum Gasteiger partial charge on any atom is -0.480 e. The smallest absolute Gasteiger partial charge is 0.326 e. The number of aliphatic carboxylic acids is 1. The van der Waals surface area contributed by atoms with Crippen LogP contribution >= 0.6 is 11.6 Å². The number of carbonyl (C=O) groups is 3. The van der Waals surface area contributed by atoms with E-state index in [-0.39, 0.29) is 17.5 Å². The second-order valence-corrected chi connectivity index (χ2v) is 6.45. The molecule has 7 nitrogen and oxygen atoms in total. The van der Waals surface area contributed by atoms with Gasteiger partial charge in [-0.05, 0) is 30.5 Å². The molecule has 1 aliphatic heterocycles. The van der Waals surface area contributed by atoms with Crippen LogP contribution in [0.25, 0.3) is 0 Å². The summed E-state index contributed by atoms with van der Waals surface area (Å²) in [6, 6.07) is 3.28. The van der Waals surface area contributed by atoms with E-state index in [9.17, 15) is 19.5 Å². The van der Waals surface area contributed by atoms with E-state index in [1.165, 1.54) is 23.1 Å². The van der Waals surface area contributed by atoms with E-state index < -0.39 is 17.9 Å². The van der Waals surface area contributed by atoms with Crippen LogP contribution in [0.3, 0.4) is 0 Å². The van der Waals surface area contributed by atoms with Gasteiger partial charge < -0.3 is 15.7 Å². The van der Waals surface area contributed by atoms with Gasteiger partial charge in [0.25, 0.3) is 5.91 Å². The Labute approximate surface area is 145 Å². The lowest BCUT2D eigenvalue weighted by Gasteiger charge is -2.19. The third-order valence-electron chi connectivity index (χ3n) is 3.67. The fraction of sp³-hybridized carbons (Fsp3) is 0.438. The van der Waals surface area contributed by atoms with Crippen LogP contribution in [0.15, 0.2) is 18.2 Å². The van der Waals surface area contributed by atoms with Crippen molar-refractivity contribution in [2.75, 3.05) is 18.0 Å². The third-order valence-corrected chi connectivity index (χ3v) is 3.99. The minimum absolute atomic E-state index is 0.125. The Morgan fingerprint density at radius 3 is 2.67 bits per heavy atom. The highest BCUT2D eigenvalue weighted by Crippen LogP contribution is 2.28. The minimum atomic E-state index is -1.08. The predicted molar refractivity (Wildman–Crippen MR) is 90.5 cm³/mol. The molecule has 3 amide bonds. The summed E-state index contributed by atoms with van der Waals surface area (Å²) in [5.74, 6) is -1.47. The molecule has 1 unspecified atom stereocenters. The molecule has 24 heavy (non-hydrogen) atoms. The van der Waals surface area contributed by atoms with Crippen LogP contribution in [0.2, 0.25) is 5.02 Å². The van der Waals surface area contributed by atoms with Gasteiger partial charge >= 0.3 is 12.0 Å². The van der Waals surface area contributed by atoms with Crippen LogP contribution in [0.5, 0.6) is 0 Å². The molecule has 1 aromatic carbocycles. The summed E-state index contributed by atoms with van der Waals surface area (Å²) in [6.07, 6.45) is 0.329. The van der Waals surface area contributed by atoms with Crippen molar-refractivity contribution >= 4 is 35.2 Å². The normalized spacial score (nSPS) is 15.3. The fourth-order valence-corrected chi connectivity index (χ4v) is 2.72. The van der Waals surface area contributed by atoms with E-state index in [0.29, 0.717) is 30.2 Å². The Hall–Kier alpha value is -2.28. The van der Waals surface area contributed by atoms with Gasteiger partial charge in [-0.3, -0.25) is 9.69 Å². The van der Waals surface area contributed by atoms with Crippen molar-refractivity contribution < 1.29 is 19.5 Å². The Morgan fingerprint density at radius 1 is 1.42 bits per heavy atom. The highest BCUT2D eigenvalue weighted by molar-refractivity contribution is 6.34. The zero-order valence-electron chi connectivity index (χ0n) is 13.5. The number of halogens is 1. The Balaban J connectivity index is 2.20. The maximum absolute atomic E-state index is 12.4. The number of anilines is 1. The number of carboxylic acids is 1. The molecule has 0 aromatic heterocycles. The van der Waals surface area contributed by atoms with Crippen LogP contribution in [0, 0.1) is 5.92 Å². The summed E-state index contributed by atoms with van der Waals surface area (Å²) in [4.78, 5) is 36.9. The molecule has 0 spiro atoms. The number of nitrogens with zero attached hydrogens (tertiary/aromatic N) is 1. The molecule has 1 aromatic rings. The first-order valence-electron chi connectivity index (χ1n) is 7.68. The Kier molecular flexibility index (Phi) is 5.66. The van der Waals surface area contributed by atoms with Crippen LogP contribution in [0.1, 0.15) is 30.6 Å². The molecule has 0 aliphatic carbocycles. The summed E-state index contributed by atoms with van der Waals surface area (Å²) in [5, 5.41) is 14.7. The largest absolute Gasteiger partial charge is 0.480 e. The third kappa shape index (κ3) is 4.17. The molecular formula is C16H20ClN3O4. The van der Waals surface area contributed by atoms with E-state index in [1.54, 1.807) is 0 Å². The quantitative estimate of drug-likeness (QED) is 0.729. The monoisotopic (exact) mass is 353 g/mol. The molecule has 3 N–H and O–H groups in total. The molecule has 130 valence electrons. The van der Waals surface area contributed by atoms with Gasteiger partial charge in [0.2, 0.25) is 0 Å². The number of benzene rings is 1. The SMILES string of the molecule is CC(C)CC(NC(=O)c1ccc(Cl)c(N2CCNC2=O)c1)C(=O)O. The summed E-state index contributed by atoms with van der Waals surface area (Å²) < 4.78 is 0. The van der Waals surface area contributed by atoms with Gasteiger partial charge in [-0.2, -0.15) is 0 Å². The standard InChI is InChI=1S/C16H20ClN3O4/c1-9(2)7-12(15(22)23)19-14(21)10-3-4-11(17)13(8-10)20-6-5-18-16(20)24/h3-4,8-9,12H,5-7H2,1-2H3,(H,18,24)(H,19,21)(H,22,23). The van der Waals surface area contributed by atoms with Crippen LogP contribution in [-0.4, -0.2) is 42.1 Å². The number of carboxylic acid groups (broad SMARTS) is 1. The maximum Gasteiger partial charge on any atom is 0.326 e. The summed E-state index contributed by atoms with van der Waals surface area (Å²) >= 11 is 6.12. The fourth-order valence-electron chi connectivity index (χ4n) is 2.50. The number of carbonyl (C=O) groups excluding carboxylic acids is 2. The topological polar surface area (TPSA) is 98.7 Å². The molecule has 1 aliphatic rings. The molecule has 8 heteroatoms. The van der Waals surface area contributed by atoms with E-state index in [2.05, 4.69) is 10.6 Å². The van der Waals surface area contributed by atoms with Crippen molar-refractivity contribution in [3.05, 3.63) is 28.8 Å². The predicted octanol–water partition coefficient (Wildman–Crippen LogP) is 2.10. The second kappa shape index (κ2) is 7.53. The number of urea groups is 1. The second-order valence-electron chi connectivity index (χ2n) is 6.04. The molecule has 1 saturated heterocycles. The lowest BCUT2D eigenvalue weighted by atomic mass is 10.0. The molecule has 1 fully saturated rings. The highest BCUT2D eigenvalue weighted by atomic mass is 35.5. The first-order chi connectivity index (χ1) is 11.3. The molecule has 2 rings (SSSR count). The summed E-state index contributed by atoms with van der Waals surface area (Å²) in [6.45, 7) is 4.72. The van der Waals surface area contributed by atoms with E-state index >= 15 is 0 Å². The molecule has 0 radical (unpaired) electrons. The number of rotatable bonds is 6. The van der Waals surface area contributed by atoms with Gasteiger partial charge in [0.05, 0.1) is 10.7 Å². The van der Waals surface area contributed by atoms with E-state index in [1.807, 2.05) is 13.8 Å². The van der Waals surface area contributed by atoms with Gasteiger partial charge in [0.15, 0.2) is 0 Å². The van der Waals surface area contributed by atoms with Crippen LogP contribution in [0.4, 0.5) is 10.5 Å². The average Bonchev–Trinajstić information content (AvgIpc) is 2.92. The van der Waals surface area contributed by atoms with Gasteiger partial charge in [-0.15, -0.1) is 0 Å². The van der Waals surface area contributed by atoms with Crippen LogP contribution in [-0.2, 0) is 4.79 Å². The molecule has 0 saturated carbocycles. The van der Waals surface area contributed by atoms with Crippen molar-refractivity contribution in [2.45, 2.75) is 26.3 Å². The van der Waals surface area contributed by atoms with E-state index in [4.69, 9.17) is 11.6 Å². The molecule has 1 heterocycles.